The fourth-order valence-corrected chi connectivity index (χ4v) is 1.91. The normalized spacial score (nSPS) is 14.6. The van der Waals surface area contributed by atoms with Crippen LogP contribution in [0.3, 0.4) is 0 Å². The second-order valence-electron chi connectivity index (χ2n) is 4.17. The summed E-state index contributed by atoms with van der Waals surface area (Å²) in [6, 6.07) is 9.41. The molecule has 0 amide bonds. The van der Waals surface area contributed by atoms with Gasteiger partial charge in [0.2, 0.25) is 0 Å². The maximum absolute atomic E-state index is 3.76. The molecular formula is C14H21N. The maximum atomic E-state index is 3.76. The molecule has 0 aliphatic carbocycles. The minimum absolute atomic E-state index is 0.404. The molecule has 1 heteroatoms. The van der Waals surface area contributed by atoms with E-state index >= 15 is 0 Å². The number of rotatable bonds is 5. The molecule has 0 aliphatic heterocycles. The predicted octanol–water partition coefficient (Wildman–Crippen LogP) is 3.61. The van der Waals surface area contributed by atoms with Crippen LogP contribution in [0.15, 0.2) is 36.9 Å². The van der Waals surface area contributed by atoms with E-state index in [9.17, 15) is 0 Å². The number of hydrogen-bond acceptors (Lipinski definition) is 1. The van der Waals surface area contributed by atoms with Crippen molar-refractivity contribution in [2.75, 3.05) is 0 Å². The Labute approximate surface area is 93.2 Å². The van der Waals surface area contributed by atoms with Gasteiger partial charge < -0.3 is 5.32 Å². The Morgan fingerprint density at radius 2 is 2.00 bits per heavy atom. The van der Waals surface area contributed by atoms with Crippen molar-refractivity contribution in [3.05, 3.63) is 48.0 Å². The molecule has 1 aromatic rings. The van der Waals surface area contributed by atoms with Gasteiger partial charge >= 0.3 is 0 Å². The molecule has 0 aromatic heterocycles. The molecule has 1 N–H and O–H groups in total. The summed E-state index contributed by atoms with van der Waals surface area (Å²) >= 11 is 0. The van der Waals surface area contributed by atoms with Crippen LogP contribution >= 0.6 is 0 Å². The lowest BCUT2D eigenvalue weighted by Gasteiger charge is -2.20. The lowest BCUT2D eigenvalue weighted by Crippen LogP contribution is -2.28. The molecule has 0 aliphatic rings. The first-order valence-corrected chi connectivity index (χ1v) is 5.57. The lowest BCUT2D eigenvalue weighted by atomic mass is 10.0. The SMILES string of the molecule is C=CCC(C)NC(C)c1ccccc1C. The first-order chi connectivity index (χ1) is 7.15. The highest BCUT2D eigenvalue weighted by Gasteiger charge is 2.09. The number of nitrogens with one attached hydrogen (secondary N) is 1. The Hall–Kier alpha value is -1.08. The zero-order valence-electron chi connectivity index (χ0n) is 9.96. The molecule has 0 radical (unpaired) electrons. The third kappa shape index (κ3) is 3.52. The summed E-state index contributed by atoms with van der Waals surface area (Å²) in [7, 11) is 0. The van der Waals surface area contributed by atoms with Gasteiger partial charge in [0.25, 0.3) is 0 Å². The molecule has 1 rings (SSSR count). The Morgan fingerprint density at radius 3 is 2.60 bits per heavy atom. The zero-order chi connectivity index (χ0) is 11.3. The van der Waals surface area contributed by atoms with Gasteiger partial charge in [0.05, 0.1) is 0 Å². The molecule has 2 unspecified atom stereocenters. The summed E-state index contributed by atoms with van der Waals surface area (Å²) in [4.78, 5) is 0. The van der Waals surface area contributed by atoms with Gasteiger partial charge in [-0.1, -0.05) is 30.3 Å². The molecule has 0 fully saturated rings. The van der Waals surface area contributed by atoms with Crippen molar-refractivity contribution in [2.45, 2.75) is 39.3 Å². The zero-order valence-corrected chi connectivity index (χ0v) is 9.96. The standard InChI is InChI=1S/C14H21N/c1-5-8-12(3)15-13(4)14-10-7-6-9-11(14)2/h5-7,9-10,12-13,15H,1,8H2,2-4H3. The van der Waals surface area contributed by atoms with Crippen LogP contribution in [0.25, 0.3) is 0 Å². The number of hydrogen-bond donors (Lipinski definition) is 1. The number of aryl methyl sites for hydroxylation is 1. The Balaban J connectivity index is 2.64. The van der Waals surface area contributed by atoms with Crippen LogP contribution in [0, 0.1) is 6.92 Å². The second-order valence-corrected chi connectivity index (χ2v) is 4.17. The summed E-state index contributed by atoms with van der Waals surface area (Å²) in [5, 5.41) is 3.57. The van der Waals surface area contributed by atoms with E-state index in [0.717, 1.165) is 6.42 Å². The third-order valence-electron chi connectivity index (χ3n) is 2.71. The molecule has 0 spiro atoms. The van der Waals surface area contributed by atoms with Crippen molar-refractivity contribution in [3.8, 4) is 0 Å². The first-order valence-electron chi connectivity index (χ1n) is 5.57. The highest BCUT2D eigenvalue weighted by Crippen LogP contribution is 2.17. The van der Waals surface area contributed by atoms with E-state index in [1.165, 1.54) is 11.1 Å². The van der Waals surface area contributed by atoms with Gasteiger partial charge in [-0.05, 0) is 38.3 Å². The summed E-state index contributed by atoms with van der Waals surface area (Å²) in [5.41, 5.74) is 2.73. The smallest absolute Gasteiger partial charge is 0.0296 e. The second kappa shape index (κ2) is 5.72. The Morgan fingerprint density at radius 1 is 1.33 bits per heavy atom. The fraction of sp³-hybridized carbons (Fsp3) is 0.429. The van der Waals surface area contributed by atoms with Crippen molar-refractivity contribution in [2.24, 2.45) is 0 Å². The van der Waals surface area contributed by atoms with E-state index in [0.29, 0.717) is 12.1 Å². The average Bonchev–Trinajstić information content (AvgIpc) is 2.18. The van der Waals surface area contributed by atoms with Crippen LogP contribution < -0.4 is 5.32 Å². The summed E-state index contributed by atoms with van der Waals surface area (Å²) < 4.78 is 0. The minimum Gasteiger partial charge on any atom is -0.307 e. The van der Waals surface area contributed by atoms with E-state index in [1.54, 1.807) is 0 Å². The van der Waals surface area contributed by atoms with Gasteiger partial charge in [-0.25, -0.2) is 0 Å². The van der Waals surface area contributed by atoms with Crippen LogP contribution in [0.5, 0.6) is 0 Å². The average molecular weight is 203 g/mol. The Kier molecular flexibility index (Phi) is 4.57. The van der Waals surface area contributed by atoms with Crippen molar-refractivity contribution >= 4 is 0 Å². The fourth-order valence-electron chi connectivity index (χ4n) is 1.91. The topological polar surface area (TPSA) is 12.0 Å². The lowest BCUT2D eigenvalue weighted by molar-refractivity contribution is 0.481. The first kappa shape index (κ1) is 12.0. The largest absolute Gasteiger partial charge is 0.307 e. The highest BCUT2D eigenvalue weighted by molar-refractivity contribution is 5.28. The van der Waals surface area contributed by atoms with Crippen molar-refractivity contribution in [1.29, 1.82) is 0 Å². The van der Waals surface area contributed by atoms with Crippen LogP contribution in [-0.2, 0) is 0 Å². The monoisotopic (exact) mass is 203 g/mol. The molecule has 0 heterocycles. The van der Waals surface area contributed by atoms with E-state index in [-0.39, 0.29) is 0 Å². The van der Waals surface area contributed by atoms with Gasteiger partial charge in [-0.3, -0.25) is 0 Å². The van der Waals surface area contributed by atoms with Crippen LogP contribution in [0.4, 0.5) is 0 Å². The summed E-state index contributed by atoms with van der Waals surface area (Å²) in [5.74, 6) is 0. The van der Waals surface area contributed by atoms with Gasteiger partial charge in [0.15, 0.2) is 0 Å². The van der Waals surface area contributed by atoms with Crippen molar-refractivity contribution < 1.29 is 0 Å². The van der Waals surface area contributed by atoms with Crippen LogP contribution in [-0.4, -0.2) is 6.04 Å². The molecule has 82 valence electrons. The third-order valence-corrected chi connectivity index (χ3v) is 2.71. The highest BCUT2D eigenvalue weighted by atomic mass is 14.9. The molecule has 0 bridgehead atoms. The van der Waals surface area contributed by atoms with Crippen LogP contribution in [0.2, 0.25) is 0 Å². The van der Waals surface area contributed by atoms with E-state index in [4.69, 9.17) is 0 Å². The molecule has 1 aromatic carbocycles. The van der Waals surface area contributed by atoms with E-state index in [1.807, 2.05) is 6.08 Å². The van der Waals surface area contributed by atoms with E-state index in [2.05, 4.69) is 56.9 Å². The van der Waals surface area contributed by atoms with Crippen molar-refractivity contribution in [1.82, 2.24) is 5.32 Å². The van der Waals surface area contributed by atoms with E-state index < -0.39 is 0 Å². The van der Waals surface area contributed by atoms with Crippen LogP contribution in [0.1, 0.15) is 37.4 Å². The predicted molar refractivity (Wildman–Crippen MR) is 67.0 cm³/mol. The van der Waals surface area contributed by atoms with Crippen molar-refractivity contribution in [3.63, 3.8) is 0 Å². The van der Waals surface area contributed by atoms with Gasteiger partial charge in [-0.2, -0.15) is 0 Å². The molecule has 2 atom stereocenters. The molecule has 0 saturated heterocycles. The summed E-state index contributed by atoms with van der Waals surface area (Å²) in [6.45, 7) is 10.3. The van der Waals surface area contributed by atoms with Gasteiger partial charge in [0.1, 0.15) is 0 Å². The number of benzene rings is 1. The van der Waals surface area contributed by atoms with Gasteiger partial charge in [0, 0.05) is 12.1 Å². The minimum atomic E-state index is 0.404. The van der Waals surface area contributed by atoms with Gasteiger partial charge in [-0.15, -0.1) is 6.58 Å². The molecule has 1 nitrogen and oxygen atoms in total. The maximum Gasteiger partial charge on any atom is 0.0296 e. The Bertz CT molecular complexity index is 317. The molecule has 15 heavy (non-hydrogen) atoms. The summed E-state index contributed by atoms with van der Waals surface area (Å²) in [6.07, 6.45) is 2.97. The molecule has 0 saturated carbocycles. The molecular weight excluding hydrogens is 182 g/mol. The quantitative estimate of drug-likeness (QED) is 0.721.